The summed E-state index contributed by atoms with van der Waals surface area (Å²) >= 11 is 0. The van der Waals surface area contributed by atoms with Crippen molar-refractivity contribution in [2.75, 3.05) is 24.6 Å². The fraction of sp³-hybridized carbons (Fsp3) is 0.909. The lowest BCUT2D eigenvalue weighted by atomic mass is 10.2. The van der Waals surface area contributed by atoms with E-state index in [0.717, 1.165) is 19.3 Å². The average molecular weight is 262 g/mol. The highest BCUT2D eigenvalue weighted by Gasteiger charge is 2.24. The number of unbranched alkanes of at least 4 members (excludes halogenated alkanes) is 1. The zero-order valence-corrected chi connectivity index (χ0v) is 11.2. The second kappa shape index (κ2) is 6.96. The molecule has 0 aliphatic carbocycles. The van der Waals surface area contributed by atoms with E-state index in [-0.39, 0.29) is 30.0 Å². The standard InChI is InChI=1S/C11H22N2O3S/c1-2-3-6-12-11(14)8-13-10-5-4-7-17(15,16)9-10/h10,13H,2-9H2,1H3,(H,12,14). The highest BCUT2D eigenvalue weighted by molar-refractivity contribution is 7.91. The molecule has 1 heterocycles. The lowest BCUT2D eigenvalue weighted by Gasteiger charge is -2.22. The number of carbonyl (C=O) groups excluding carboxylic acids is 1. The Kier molecular flexibility index (Phi) is 5.91. The van der Waals surface area contributed by atoms with Crippen molar-refractivity contribution in [3.63, 3.8) is 0 Å². The molecule has 5 nitrogen and oxygen atoms in total. The number of sulfone groups is 1. The van der Waals surface area contributed by atoms with Gasteiger partial charge in [-0.3, -0.25) is 4.79 Å². The third-order valence-electron chi connectivity index (χ3n) is 2.87. The Labute approximate surface area is 103 Å². The zero-order chi connectivity index (χ0) is 12.7. The first-order chi connectivity index (χ1) is 8.03. The molecule has 0 radical (unpaired) electrons. The third-order valence-corrected chi connectivity index (χ3v) is 4.69. The van der Waals surface area contributed by atoms with Crippen LogP contribution in [0.3, 0.4) is 0 Å². The highest BCUT2D eigenvalue weighted by atomic mass is 32.2. The average Bonchev–Trinajstić information content (AvgIpc) is 2.25. The highest BCUT2D eigenvalue weighted by Crippen LogP contribution is 2.11. The Morgan fingerprint density at radius 1 is 1.41 bits per heavy atom. The van der Waals surface area contributed by atoms with Gasteiger partial charge in [-0.05, 0) is 19.3 Å². The van der Waals surface area contributed by atoms with Gasteiger partial charge in [0.05, 0.1) is 18.1 Å². The van der Waals surface area contributed by atoms with Crippen LogP contribution in [0.1, 0.15) is 32.6 Å². The first kappa shape index (κ1) is 14.4. The molecule has 1 aliphatic heterocycles. The summed E-state index contributed by atoms with van der Waals surface area (Å²) in [6, 6.07) is -0.0642. The molecular weight excluding hydrogens is 240 g/mol. The van der Waals surface area contributed by atoms with Gasteiger partial charge in [0.2, 0.25) is 5.91 Å². The first-order valence-corrected chi connectivity index (χ1v) is 8.06. The number of hydrogen-bond donors (Lipinski definition) is 2. The van der Waals surface area contributed by atoms with Crippen molar-refractivity contribution >= 4 is 15.7 Å². The van der Waals surface area contributed by atoms with E-state index in [9.17, 15) is 13.2 Å². The van der Waals surface area contributed by atoms with E-state index >= 15 is 0 Å². The van der Waals surface area contributed by atoms with Gasteiger partial charge in [0.15, 0.2) is 9.84 Å². The minimum atomic E-state index is -2.89. The molecule has 0 spiro atoms. The van der Waals surface area contributed by atoms with Crippen LogP contribution in [0, 0.1) is 0 Å². The maximum absolute atomic E-state index is 11.4. The molecule has 0 aromatic carbocycles. The number of carbonyl (C=O) groups is 1. The molecule has 1 unspecified atom stereocenters. The van der Waals surface area contributed by atoms with Crippen LogP contribution in [-0.2, 0) is 14.6 Å². The number of rotatable bonds is 6. The molecule has 17 heavy (non-hydrogen) atoms. The van der Waals surface area contributed by atoms with Gasteiger partial charge < -0.3 is 10.6 Å². The fourth-order valence-electron chi connectivity index (χ4n) is 1.89. The summed E-state index contributed by atoms with van der Waals surface area (Å²) in [5, 5.41) is 5.81. The predicted octanol–water partition coefficient (Wildman–Crippen LogP) is 0.0695. The second-order valence-corrected chi connectivity index (χ2v) is 6.77. The summed E-state index contributed by atoms with van der Waals surface area (Å²) in [6.07, 6.45) is 3.55. The van der Waals surface area contributed by atoms with E-state index in [2.05, 4.69) is 17.6 Å². The molecule has 1 aliphatic rings. The molecule has 6 heteroatoms. The van der Waals surface area contributed by atoms with Crippen molar-refractivity contribution in [3.05, 3.63) is 0 Å². The topological polar surface area (TPSA) is 75.3 Å². The second-order valence-electron chi connectivity index (χ2n) is 4.54. The Bertz CT molecular complexity index is 341. The van der Waals surface area contributed by atoms with E-state index in [0.29, 0.717) is 13.0 Å². The molecule has 2 N–H and O–H groups in total. The summed E-state index contributed by atoms with van der Waals surface area (Å²) in [4.78, 5) is 11.4. The number of amides is 1. The molecule has 0 bridgehead atoms. The summed E-state index contributed by atoms with van der Waals surface area (Å²) in [6.45, 7) is 2.97. The summed E-state index contributed by atoms with van der Waals surface area (Å²) in [5.74, 6) is 0.393. The van der Waals surface area contributed by atoms with Gasteiger partial charge in [-0.1, -0.05) is 13.3 Å². The Morgan fingerprint density at radius 3 is 2.82 bits per heavy atom. The van der Waals surface area contributed by atoms with Gasteiger partial charge in [-0.25, -0.2) is 8.42 Å². The molecular formula is C11H22N2O3S. The summed E-state index contributed by atoms with van der Waals surface area (Å²) < 4.78 is 22.8. The molecule has 1 amide bonds. The van der Waals surface area contributed by atoms with Crippen LogP contribution >= 0.6 is 0 Å². The monoisotopic (exact) mass is 262 g/mol. The van der Waals surface area contributed by atoms with Crippen molar-refractivity contribution < 1.29 is 13.2 Å². The maximum Gasteiger partial charge on any atom is 0.233 e. The molecule has 1 fully saturated rings. The largest absolute Gasteiger partial charge is 0.355 e. The van der Waals surface area contributed by atoms with E-state index < -0.39 is 9.84 Å². The van der Waals surface area contributed by atoms with Crippen molar-refractivity contribution in [2.24, 2.45) is 0 Å². The minimum Gasteiger partial charge on any atom is -0.355 e. The lowest BCUT2D eigenvalue weighted by Crippen LogP contribution is -2.44. The maximum atomic E-state index is 11.4. The Morgan fingerprint density at radius 2 is 2.18 bits per heavy atom. The van der Waals surface area contributed by atoms with Crippen LogP contribution in [0.4, 0.5) is 0 Å². The Hall–Kier alpha value is -0.620. The molecule has 1 atom stereocenters. The molecule has 100 valence electrons. The van der Waals surface area contributed by atoms with Gasteiger partial charge in [-0.2, -0.15) is 0 Å². The lowest BCUT2D eigenvalue weighted by molar-refractivity contribution is -0.120. The van der Waals surface area contributed by atoms with Crippen molar-refractivity contribution in [2.45, 2.75) is 38.6 Å². The molecule has 0 saturated carbocycles. The van der Waals surface area contributed by atoms with Gasteiger partial charge in [0.25, 0.3) is 0 Å². The van der Waals surface area contributed by atoms with E-state index in [1.807, 2.05) is 0 Å². The molecule has 0 aromatic rings. The summed E-state index contributed by atoms with van der Waals surface area (Å²) in [5.41, 5.74) is 0. The van der Waals surface area contributed by atoms with Crippen molar-refractivity contribution in [3.8, 4) is 0 Å². The molecule has 0 aromatic heterocycles. The van der Waals surface area contributed by atoms with Gasteiger partial charge >= 0.3 is 0 Å². The van der Waals surface area contributed by atoms with E-state index in [1.54, 1.807) is 0 Å². The van der Waals surface area contributed by atoms with Crippen LogP contribution in [0.25, 0.3) is 0 Å². The Balaban J connectivity index is 2.19. The van der Waals surface area contributed by atoms with Gasteiger partial charge in [0, 0.05) is 12.6 Å². The third kappa shape index (κ3) is 6.02. The van der Waals surface area contributed by atoms with E-state index in [4.69, 9.17) is 0 Å². The first-order valence-electron chi connectivity index (χ1n) is 6.24. The number of hydrogen-bond acceptors (Lipinski definition) is 4. The molecule has 1 rings (SSSR count). The predicted molar refractivity (Wildman–Crippen MR) is 67.6 cm³/mol. The number of nitrogens with one attached hydrogen (secondary N) is 2. The minimum absolute atomic E-state index is 0.0542. The quantitative estimate of drug-likeness (QED) is 0.664. The zero-order valence-electron chi connectivity index (χ0n) is 10.4. The van der Waals surface area contributed by atoms with Crippen molar-refractivity contribution in [1.29, 1.82) is 0 Å². The SMILES string of the molecule is CCCCNC(=O)CNC1CCCS(=O)(=O)C1. The fourth-order valence-corrected chi connectivity index (χ4v) is 3.56. The van der Waals surface area contributed by atoms with Crippen LogP contribution < -0.4 is 10.6 Å². The van der Waals surface area contributed by atoms with Gasteiger partial charge in [-0.15, -0.1) is 0 Å². The van der Waals surface area contributed by atoms with E-state index in [1.165, 1.54) is 0 Å². The summed E-state index contributed by atoms with van der Waals surface area (Å²) in [7, 11) is -2.89. The van der Waals surface area contributed by atoms with Crippen molar-refractivity contribution in [1.82, 2.24) is 10.6 Å². The van der Waals surface area contributed by atoms with Crippen LogP contribution in [-0.4, -0.2) is 45.0 Å². The normalized spacial score (nSPS) is 23.2. The smallest absolute Gasteiger partial charge is 0.233 e. The van der Waals surface area contributed by atoms with Crippen LogP contribution in [0.15, 0.2) is 0 Å². The van der Waals surface area contributed by atoms with Crippen LogP contribution in [0.5, 0.6) is 0 Å². The van der Waals surface area contributed by atoms with Crippen LogP contribution in [0.2, 0.25) is 0 Å². The molecule has 1 saturated heterocycles. The van der Waals surface area contributed by atoms with Gasteiger partial charge in [0.1, 0.15) is 0 Å².